The smallest absolute Gasteiger partial charge is 0.362 e. The van der Waals surface area contributed by atoms with Crippen molar-refractivity contribution in [3.63, 3.8) is 0 Å². The molecule has 0 aliphatic carbocycles. The predicted molar refractivity (Wildman–Crippen MR) is 28.7 cm³/mol. The lowest BCUT2D eigenvalue weighted by Crippen LogP contribution is -1.68. The first-order valence-corrected chi connectivity index (χ1v) is 3.46. The van der Waals surface area contributed by atoms with E-state index in [9.17, 15) is 0 Å². The van der Waals surface area contributed by atoms with Crippen LogP contribution in [0.5, 0.6) is 0 Å². The Labute approximate surface area is 43.6 Å². The summed E-state index contributed by atoms with van der Waals surface area (Å²) in [4.78, 5) is 14.7. The summed E-state index contributed by atoms with van der Waals surface area (Å²) >= 11 is 0. The largest absolute Gasteiger partial charge is 0.607 e. The fourth-order valence-electron chi connectivity index (χ4n) is 0. The predicted octanol–water partition coefficient (Wildman–Crippen LogP) is -0.959. The van der Waals surface area contributed by atoms with Gasteiger partial charge in [0.25, 0.3) is 0 Å². The van der Waals surface area contributed by atoms with Crippen molar-refractivity contribution in [3.05, 3.63) is 0 Å². The SMILES string of the molecule is NPO.N[P+](=O)O. The summed E-state index contributed by atoms with van der Waals surface area (Å²) in [6.07, 6.45) is 0. The standard InChI is InChI=1S/H2NO2P.H4NOP/c1-4(2)3;1-3-2/h(H2-,1,2,3);2-3H,1H2/p+1. The highest BCUT2D eigenvalue weighted by Crippen LogP contribution is 1.91. The Bertz CT molecular complexity index is 42.2. The number of rotatable bonds is 0. The van der Waals surface area contributed by atoms with Gasteiger partial charge in [0.1, 0.15) is 0 Å². The molecule has 0 radical (unpaired) electrons. The minimum Gasteiger partial charge on any atom is -0.362 e. The number of hydrogen-bond acceptors (Lipinski definition) is 3. The second kappa shape index (κ2) is 9.62. The van der Waals surface area contributed by atoms with E-state index in [-0.39, 0.29) is 0 Å². The number of nitrogens with two attached hydrogens (primary N) is 2. The van der Waals surface area contributed by atoms with E-state index in [1.807, 2.05) is 0 Å². The Morgan fingerprint density at radius 1 is 1.71 bits per heavy atom. The Morgan fingerprint density at radius 2 is 1.71 bits per heavy atom. The lowest BCUT2D eigenvalue weighted by molar-refractivity contribution is 0.504. The lowest BCUT2D eigenvalue weighted by atomic mass is 13.9. The summed E-state index contributed by atoms with van der Waals surface area (Å²) in [5.41, 5.74) is 8.61. The van der Waals surface area contributed by atoms with Gasteiger partial charge in [0.15, 0.2) is 0 Å². The molecule has 7 heavy (non-hydrogen) atoms. The highest BCUT2D eigenvalue weighted by atomic mass is 31.1. The molecule has 0 spiro atoms. The van der Waals surface area contributed by atoms with E-state index in [1.165, 1.54) is 0 Å². The molecule has 2 atom stereocenters. The summed E-state index contributed by atoms with van der Waals surface area (Å²) in [6, 6.07) is 0. The lowest BCUT2D eigenvalue weighted by Gasteiger charge is -1.55. The van der Waals surface area contributed by atoms with Crippen LogP contribution in [0.2, 0.25) is 0 Å². The van der Waals surface area contributed by atoms with Crippen molar-refractivity contribution in [2.45, 2.75) is 0 Å². The molecule has 0 aromatic carbocycles. The molecule has 5 nitrogen and oxygen atoms in total. The van der Waals surface area contributed by atoms with Gasteiger partial charge in [0.05, 0.1) is 8.96 Å². The van der Waals surface area contributed by atoms with Gasteiger partial charge >= 0.3 is 8.18 Å². The summed E-state index contributed by atoms with van der Waals surface area (Å²) in [5.74, 6) is 0. The Kier molecular flexibility index (Phi) is 14.3. The Balaban J connectivity index is 0. The molecule has 0 aromatic heterocycles. The average Bonchev–Trinajstić information content (AvgIpc) is 1.33. The van der Waals surface area contributed by atoms with Crippen LogP contribution in [-0.2, 0) is 4.57 Å². The highest BCUT2D eigenvalue weighted by molar-refractivity contribution is 7.35. The van der Waals surface area contributed by atoms with Crippen molar-refractivity contribution in [1.82, 2.24) is 0 Å². The zero-order chi connectivity index (χ0) is 6.28. The van der Waals surface area contributed by atoms with Crippen molar-refractivity contribution in [2.24, 2.45) is 11.0 Å². The van der Waals surface area contributed by atoms with Crippen molar-refractivity contribution >= 4 is 17.1 Å². The van der Waals surface area contributed by atoms with Crippen LogP contribution in [0, 0.1) is 0 Å². The zero-order valence-electron chi connectivity index (χ0n) is 3.40. The first-order chi connectivity index (χ1) is 3.15. The summed E-state index contributed by atoms with van der Waals surface area (Å²) in [7, 11) is -2.79. The Morgan fingerprint density at radius 3 is 1.71 bits per heavy atom. The van der Waals surface area contributed by atoms with Gasteiger partial charge in [-0.25, -0.2) is 0 Å². The van der Waals surface area contributed by atoms with E-state index >= 15 is 0 Å². The van der Waals surface area contributed by atoms with Gasteiger partial charge in [-0.3, -0.25) is 5.50 Å². The molecule has 0 amide bonds. The molecule has 44 valence electrons. The molecule has 0 heterocycles. The molecular weight excluding hydrogens is 138 g/mol. The molecule has 0 aliphatic heterocycles. The summed E-state index contributed by atoms with van der Waals surface area (Å²) < 4.78 is 8.93. The van der Waals surface area contributed by atoms with Gasteiger partial charge < -0.3 is 4.89 Å². The van der Waals surface area contributed by atoms with E-state index in [0.29, 0.717) is 0 Å². The van der Waals surface area contributed by atoms with Crippen LogP contribution in [0.15, 0.2) is 0 Å². The van der Waals surface area contributed by atoms with E-state index in [2.05, 4.69) is 11.0 Å². The van der Waals surface area contributed by atoms with Crippen LogP contribution in [0.25, 0.3) is 0 Å². The molecule has 0 saturated heterocycles. The third-order valence-electron chi connectivity index (χ3n) is 0. The molecule has 0 rings (SSSR count). The van der Waals surface area contributed by atoms with Gasteiger partial charge in [-0.15, -0.1) is 4.89 Å². The summed E-state index contributed by atoms with van der Waals surface area (Å²) in [6.45, 7) is 0. The molecule has 2 unspecified atom stereocenters. The van der Waals surface area contributed by atoms with E-state index < -0.39 is 17.1 Å². The maximum absolute atomic E-state index is 8.93. The van der Waals surface area contributed by atoms with Gasteiger partial charge in [-0.1, -0.05) is 5.50 Å². The second-order valence-corrected chi connectivity index (χ2v) is 1.29. The van der Waals surface area contributed by atoms with Gasteiger partial charge in [-0.05, 0) is 4.57 Å². The van der Waals surface area contributed by atoms with Crippen molar-refractivity contribution < 1.29 is 14.4 Å². The maximum atomic E-state index is 8.93. The molecule has 0 bridgehead atoms. The maximum Gasteiger partial charge on any atom is 0.607 e. The molecule has 7 heteroatoms. The van der Waals surface area contributed by atoms with Crippen LogP contribution in [0.1, 0.15) is 0 Å². The first-order valence-electron chi connectivity index (χ1n) is 1.15. The molecule has 0 fully saturated rings. The van der Waals surface area contributed by atoms with Crippen LogP contribution in [0.3, 0.4) is 0 Å². The first kappa shape index (κ1) is 10.4. The minimum atomic E-state index is -2.37. The van der Waals surface area contributed by atoms with Crippen LogP contribution in [-0.4, -0.2) is 9.79 Å². The molecule has 0 aromatic rings. The third-order valence-corrected chi connectivity index (χ3v) is 0. The van der Waals surface area contributed by atoms with Crippen LogP contribution in [0.4, 0.5) is 0 Å². The van der Waals surface area contributed by atoms with Crippen molar-refractivity contribution in [3.8, 4) is 0 Å². The van der Waals surface area contributed by atoms with Crippen LogP contribution < -0.4 is 11.0 Å². The van der Waals surface area contributed by atoms with Crippen LogP contribution >= 0.6 is 17.1 Å². The van der Waals surface area contributed by atoms with Crippen molar-refractivity contribution in [2.75, 3.05) is 0 Å². The van der Waals surface area contributed by atoms with Gasteiger partial charge in [0, 0.05) is 0 Å². The third kappa shape index (κ3) is 889. The van der Waals surface area contributed by atoms with Gasteiger partial charge in [0.2, 0.25) is 0 Å². The minimum absolute atomic E-state index is 0.417. The fraction of sp³-hybridized carbons (Fsp3) is 0. The van der Waals surface area contributed by atoms with Gasteiger partial charge in [-0.2, -0.15) is 0 Å². The molecule has 6 N–H and O–H groups in total. The Hall–Kier alpha value is 0.370. The topological polar surface area (TPSA) is 110 Å². The van der Waals surface area contributed by atoms with E-state index in [4.69, 9.17) is 14.4 Å². The van der Waals surface area contributed by atoms with Crippen molar-refractivity contribution in [1.29, 1.82) is 0 Å². The monoisotopic (exact) mass is 145 g/mol. The highest BCUT2D eigenvalue weighted by Gasteiger charge is 1.88. The summed E-state index contributed by atoms with van der Waals surface area (Å²) in [5, 5.41) is 0. The number of hydrogen-bond donors (Lipinski definition) is 4. The quantitative estimate of drug-likeness (QED) is 0.328. The normalized spacial score (nSPS) is 10.6. The van der Waals surface area contributed by atoms with E-state index in [0.717, 1.165) is 0 Å². The zero-order valence-corrected chi connectivity index (χ0v) is 5.30. The second-order valence-electron chi connectivity index (χ2n) is 0.432. The van der Waals surface area contributed by atoms with E-state index in [1.54, 1.807) is 0 Å². The average molecular weight is 145 g/mol. The molecular formula is H7N2O3P2+. The fourth-order valence-corrected chi connectivity index (χ4v) is 0. The molecule has 0 saturated carbocycles. The molecule has 0 aliphatic rings.